The first-order valence-electron chi connectivity index (χ1n) is 5.49. The van der Waals surface area contributed by atoms with E-state index < -0.39 is 5.97 Å². The van der Waals surface area contributed by atoms with Crippen LogP contribution in [0.5, 0.6) is 0 Å². The van der Waals surface area contributed by atoms with Crippen molar-refractivity contribution in [2.24, 2.45) is 0 Å². The third kappa shape index (κ3) is 3.67. The fraction of sp³-hybridized carbons (Fsp3) is 0.545. The van der Waals surface area contributed by atoms with Gasteiger partial charge in [-0.1, -0.05) is 13.3 Å². The molecule has 0 aliphatic carbocycles. The summed E-state index contributed by atoms with van der Waals surface area (Å²) in [6.07, 6.45) is 3.29. The van der Waals surface area contributed by atoms with Crippen molar-refractivity contribution in [2.75, 3.05) is 18.7 Å². The Balaban J connectivity index is 2.72. The number of carboxylic acid groups (broad SMARTS) is 1. The van der Waals surface area contributed by atoms with Crippen LogP contribution in [0.2, 0.25) is 0 Å². The van der Waals surface area contributed by atoms with Gasteiger partial charge in [-0.3, -0.25) is 4.84 Å². The Morgan fingerprint density at radius 1 is 1.59 bits per heavy atom. The summed E-state index contributed by atoms with van der Waals surface area (Å²) in [7, 11) is 1.70. The van der Waals surface area contributed by atoms with E-state index in [2.05, 4.69) is 16.9 Å². The molecule has 0 spiro atoms. The number of hydrogen-bond acceptors (Lipinski definition) is 5. The molecule has 0 radical (unpaired) electrons. The number of unbranched alkanes of at least 4 members (excludes halogenated alkanes) is 1. The number of aromatic nitrogens is 2. The molecule has 6 heteroatoms. The van der Waals surface area contributed by atoms with Crippen LogP contribution in [0, 0.1) is 6.92 Å². The summed E-state index contributed by atoms with van der Waals surface area (Å²) in [4.78, 5) is 24.2. The predicted molar refractivity (Wildman–Crippen MR) is 63.0 cm³/mol. The number of nitrogens with zero attached hydrogens (tertiary/aromatic N) is 3. The molecule has 0 bridgehead atoms. The zero-order valence-corrected chi connectivity index (χ0v) is 10.3. The molecule has 0 saturated heterocycles. The highest BCUT2D eigenvalue weighted by Crippen LogP contribution is 2.10. The van der Waals surface area contributed by atoms with E-state index in [-0.39, 0.29) is 5.56 Å². The number of rotatable bonds is 6. The van der Waals surface area contributed by atoms with Crippen molar-refractivity contribution in [3.8, 4) is 0 Å². The van der Waals surface area contributed by atoms with Gasteiger partial charge in [-0.05, 0) is 13.3 Å². The SMILES string of the molecule is CCCCON(C)c1ncc(C(=O)O)c(C)n1. The Labute approximate surface area is 100 Å². The zero-order chi connectivity index (χ0) is 12.8. The van der Waals surface area contributed by atoms with Crippen LogP contribution in [0.1, 0.15) is 35.8 Å². The van der Waals surface area contributed by atoms with E-state index in [0.29, 0.717) is 18.2 Å². The van der Waals surface area contributed by atoms with Gasteiger partial charge in [0, 0.05) is 13.2 Å². The fourth-order valence-electron chi connectivity index (χ4n) is 1.22. The molecule has 0 saturated carbocycles. The van der Waals surface area contributed by atoms with Gasteiger partial charge < -0.3 is 5.11 Å². The second-order valence-corrected chi connectivity index (χ2v) is 3.66. The third-order valence-corrected chi connectivity index (χ3v) is 2.26. The van der Waals surface area contributed by atoms with Gasteiger partial charge in [0.25, 0.3) is 0 Å². The van der Waals surface area contributed by atoms with Gasteiger partial charge in [0.05, 0.1) is 17.9 Å². The summed E-state index contributed by atoms with van der Waals surface area (Å²) in [6.45, 7) is 4.30. The van der Waals surface area contributed by atoms with Crippen LogP contribution in [0.25, 0.3) is 0 Å². The first-order valence-corrected chi connectivity index (χ1v) is 5.49. The third-order valence-electron chi connectivity index (χ3n) is 2.26. The highest BCUT2D eigenvalue weighted by Gasteiger charge is 2.12. The van der Waals surface area contributed by atoms with E-state index in [9.17, 15) is 4.79 Å². The van der Waals surface area contributed by atoms with Crippen molar-refractivity contribution in [1.29, 1.82) is 0 Å². The lowest BCUT2D eigenvalue weighted by Crippen LogP contribution is -2.21. The van der Waals surface area contributed by atoms with E-state index in [0.717, 1.165) is 12.8 Å². The molecule has 0 atom stereocenters. The molecular formula is C11H17N3O3. The smallest absolute Gasteiger partial charge is 0.339 e. The van der Waals surface area contributed by atoms with Crippen molar-refractivity contribution in [2.45, 2.75) is 26.7 Å². The summed E-state index contributed by atoms with van der Waals surface area (Å²) in [5.41, 5.74) is 0.532. The van der Waals surface area contributed by atoms with Gasteiger partial charge in [0.1, 0.15) is 0 Å². The molecule has 0 aliphatic heterocycles. The minimum Gasteiger partial charge on any atom is -0.478 e. The summed E-state index contributed by atoms with van der Waals surface area (Å²) < 4.78 is 0. The predicted octanol–water partition coefficient (Wildman–Crippen LogP) is 1.65. The van der Waals surface area contributed by atoms with Crippen molar-refractivity contribution < 1.29 is 14.7 Å². The quantitative estimate of drug-likeness (QED) is 0.601. The Bertz CT molecular complexity index is 396. The number of hydroxylamine groups is 1. The summed E-state index contributed by atoms with van der Waals surface area (Å²) in [5, 5.41) is 10.3. The van der Waals surface area contributed by atoms with E-state index in [1.165, 1.54) is 11.3 Å². The number of carbonyl (C=O) groups is 1. The molecule has 0 aromatic carbocycles. The van der Waals surface area contributed by atoms with Crippen molar-refractivity contribution in [3.05, 3.63) is 17.5 Å². The Kier molecular flexibility index (Phi) is 4.84. The van der Waals surface area contributed by atoms with Gasteiger partial charge >= 0.3 is 5.97 Å². The number of aryl methyl sites for hydroxylation is 1. The van der Waals surface area contributed by atoms with E-state index >= 15 is 0 Å². The van der Waals surface area contributed by atoms with E-state index in [1.54, 1.807) is 14.0 Å². The average molecular weight is 239 g/mol. The molecular weight excluding hydrogens is 222 g/mol. The molecule has 6 nitrogen and oxygen atoms in total. The second kappa shape index (κ2) is 6.15. The Morgan fingerprint density at radius 3 is 2.82 bits per heavy atom. The number of aromatic carboxylic acids is 1. The second-order valence-electron chi connectivity index (χ2n) is 3.66. The normalized spacial score (nSPS) is 10.3. The van der Waals surface area contributed by atoms with Gasteiger partial charge in [0.15, 0.2) is 0 Å². The zero-order valence-electron chi connectivity index (χ0n) is 10.3. The first kappa shape index (κ1) is 13.4. The lowest BCUT2D eigenvalue weighted by atomic mass is 10.2. The summed E-state index contributed by atoms with van der Waals surface area (Å²) in [5.74, 6) is -0.660. The van der Waals surface area contributed by atoms with Gasteiger partial charge in [-0.2, -0.15) is 0 Å². The van der Waals surface area contributed by atoms with Crippen molar-refractivity contribution in [3.63, 3.8) is 0 Å². The van der Waals surface area contributed by atoms with Crippen LogP contribution in [0.3, 0.4) is 0 Å². The van der Waals surface area contributed by atoms with Crippen LogP contribution in [0.4, 0.5) is 5.95 Å². The topological polar surface area (TPSA) is 75.5 Å². The lowest BCUT2D eigenvalue weighted by molar-refractivity contribution is 0.0694. The van der Waals surface area contributed by atoms with Gasteiger partial charge in [0.2, 0.25) is 5.95 Å². The maximum absolute atomic E-state index is 10.8. The van der Waals surface area contributed by atoms with Crippen LogP contribution in [0.15, 0.2) is 6.20 Å². The van der Waals surface area contributed by atoms with Gasteiger partial charge in [-0.25, -0.2) is 19.8 Å². The molecule has 0 unspecified atom stereocenters. The fourth-order valence-corrected chi connectivity index (χ4v) is 1.22. The number of carboxylic acids is 1. The Morgan fingerprint density at radius 2 is 2.29 bits per heavy atom. The Hall–Kier alpha value is -1.69. The molecule has 0 aliphatic rings. The molecule has 1 aromatic rings. The molecule has 17 heavy (non-hydrogen) atoms. The van der Waals surface area contributed by atoms with E-state index in [1.807, 2.05) is 0 Å². The summed E-state index contributed by atoms with van der Waals surface area (Å²) >= 11 is 0. The molecule has 0 amide bonds. The highest BCUT2D eigenvalue weighted by atomic mass is 16.7. The molecule has 1 aromatic heterocycles. The van der Waals surface area contributed by atoms with Crippen LogP contribution >= 0.6 is 0 Å². The lowest BCUT2D eigenvalue weighted by Gasteiger charge is -2.16. The van der Waals surface area contributed by atoms with Crippen LogP contribution < -0.4 is 5.06 Å². The van der Waals surface area contributed by atoms with Crippen LogP contribution in [-0.4, -0.2) is 34.7 Å². The molecule has 1 N–H and O–H groups in total. The van der Waals surface area contributed by atoms with Gasteiger partial charge in [-0.15, -0.1) is 0 Å². The molecule has 94 valence electrons. The van der Waals surface area contributed by atoms with Crippen molar-refractivity contribution >= 4 is 11.9 Å². The van der Waals surface area contributed by atoms with Crippen LogP contribution in [-0.2, 0) is 4.84 Å². The molecule has 1 heterocycles. The number of anilines is 1. The summed E-state index contributed by atoms with van der Waals surface area (Å²) in [6, 6.07) is 0. The monoisotopic (exact) mass is 239 g/mol. The molecule has 0 fully saturated rings. The minimum absolute atomic E-state index is 0.107. The highest BCUT2D eigenvalue weighted by molar-refractivity contribution is 5.88. The maximum atomic E-state index is 10.8. The number of hydrogen-bond donors (Lipinski definition) is 1. The van der Waals surface area contributed by atoms with Crippen molar-refractivity contribution in [1.82, 2.24) is 9.97 Å². The maximum Gasteiger partial charge on any atom is 0.339 e. The average Bonchev–Trinajstić information content (AvgIpc) is 2.28. The van der Waals surface area contributed by atoms with E-state index in [4.69, 9.17) is 9.94 Å². The largest absolute Gasteiger partial charge is 0.478 e. The standard InChI is InChI=1S/C11H17N3O3/c1-4-5-6-17-14(3)11-12-7-9(10(15)16)8(2)13-11/h7H,4-6H2,1-3H3,(H,15,16). The minimum atomic E-state index is -1.02. The first-order chi connectivity index (χ1) is 8.06. The molecule has 1 rings (SSSR count).